The summed E-state index contributed by atoms with van der Waals surface area (Å²) in [7, 11) is 0. The Morgan fingerprint density at radius 1 is 1.00 bits per heavy atom. The fraction of sp³-hybridized carbons (Fsp3) is 0.167. The molecule has 2 heterocycles. The molecule has 4 rings (SSSR count). The molecule has 0 radical (unpaired) electrons. The van der Waals surface area contributed by atoms with E-state index in [2.05, 4.69) is 34.6 Å². The van der Waals surface area contributed by atoms with Gasteiger partial charge in [0.1, 0.15) is 11.3 Å². The molecule has 0 fully saturated rings. The lowest BCUT2D eigenvalue weighted by atomic mass is 9.89. The zero-order chi connectivity index (χ0) is 14.2. The van der Waals surface area contributed by atoms with E-state index >= 15 is 0 Å². The number of hydrogen-bond donors (Lipinski definition) is 2. The molecule has 1 aliphatic heterocycles. The highest BCUT2D eigenvalue weighted by atomic mass is 16.3. The second-order valence-electron chi connectivity index (χ2n) is 5.41. The highest BCUT2D eigenvalue weighted by Crippen LogP contribution is 2.36. The third kappa shape index (κ3) is 1.98. The minimum absolute atomic E-state index is 0.0290. The molecule has 21 heavy (non-hydrogen) atoms. The van der Waals surface area contributed by atoms with E-state index in [1.807, 2.05) is 24.3 Å². The summed E-state index contributed by atoms with van der Waals surface area (Å²) in [4.78, 5) is 4.31. The van der Waals surface area contributed by atoms with E-state index in [1.54, 1.807) is 6.20 Å². The number of nitrogens with one attached hydrogen (secondary N) is 1. The Balaban J connectivity index is 1.90. The average Bonchev–Trinajstić information content (AvgIpc) is 2.55. The van der Waals surface area contributed by atoms with Gasteiger partial charge in [0.25, 0.3) is 0 Å². The maximum absolute atomic E-state index is 10.6. The summed E-state index contributed by atoms with van der Waals surface area (Å²) < 4.78 is 0. The van der Waals surface area contributed by atoms with Crippen LogP contribution in [0.4, 0.5) is 0 Å². The molecule has 3 nitrogen and oxygen atoms in total. The van der Waals surface area contributed by atoms with Crippen LogP contribution in [0.25, 0.3) is 10.9 Å². The van der Waals surface area contributed by atoms with E-state index in [1.165, 1.54) is 11.1 Å². The topological polar surface area (TPSA) is 45.1 Å². The van der Waals surface area contributed by atoms with Gasteiger partial charge in [0.05, 0.1) is 6.04 Å². The number of phenolic OH excluding ortho intramolecular Hbond substituents is 1. The number of rotatable bonds is 1. The molecule has 1 atom stereocenters. The Morgan fingerprint density at radius 2 is 1.90 bits per heavy atom. The van der Waals surface area contributed by atoms with Gasteiger partial charge in [-0.3, -0.25) is 4.98 Å². The summed E-state index contributed by atoms with van der Waals surface area (Å²) in [6.07, 6.45) is 2.74. The molecule has 0 spiro atoms. The van der Waals surface area contributed by atoms with Gasteiger partial charge in [0.2, 0.25) is 0 Å². The number of benzene rings is 2. The third-order valence-electron chi connectivity index (χ3n) is 4.20. The van der Waals surface area contributed by atoms with Crippen LogP contribution in [0.3, 0.4) is 0 Å². The maximum atomic E-state index is 10.6. The van der Waals surface area contributed by atoms with Crippen molar-refractivity contribution in [3.05, 3.63) is 71.4 Å². The van der Waals surface area contributed by atoms with Crippen molar-refractivity contribution in [2.75, 3.05) is 6.54 Å². The van der Waals surface area contributed by atoms with E-state index in [4.69, 9.17) is 0 Å². The van der Waals surface area contributed by atoms with Gasteiger partial charge in [-0.2, -0.15) is 0 Å². The van der Waals surface area contributed by atoms with Crippen molar-refractivity contribution in [1.82, 2.24) is 10.3 Å². The van der Waals surface area contributed by atoms with E-state index in [0.717, 1.165) is 23.9 Å². The van der Waals surface area contributed by atoms with Crippen molar-refractivity contribution in [2.24, 2.45) is 0 Å². The fourth-order valence-electron chi connectivity index (χ4n) is 3.16. The summed E-state index contributed by atoms with van der Waals surface area (Å²) >= 11 is 0. The van der Waals surface area contributed by atoms with Gasteiger partial charge in [-0.1, -0.05) is 42.5 Å². The lowest BCUT2D eigenvalue weighted by Gasteiger charge is -2.28. The molecule has 0 amide bonds. The molecule has 3 aromatic rings. The Bertz CT molecular complexity index is 813. The second-order valence-corrected chi connectivity index (χ2v) is 5.41. The molecule has 0 aliphatic carbocycles. The van der Waals surface area contributed by atoms with Crippen molar-refractivity contribution in [3.63, 3.8) is 0 Å². The average molecular weight is 276 g/mol. The van der Waals surface area contributed by atoms with Crippen LogP contribution in [0.5, 0.6) is 5.75 Å². The molecule has 0 bridgehead atoms. The normalized spacial score (nSPS) is 17.6. The van der Waals surface area contributed by atoms with Crippen LogP contribution in [0.1, 0.15) is 22.7 Å². The molecule has 0 saturated carbocycles. The Kier molecular flexibility index (Phi) is 2.86. The summed E-state index contributed by atoms with van der Waals surface area (Å²) in [5.74, 6) is 0.280. The SMILES string of the molecule is Oc1c(C2NCCc3ccccc32)ccc2cccnc12. The van der Waals surface area contributed by atoms with Crippen LogP contribution in [0, 0.1) is 0 Å². The van der Waals surface area contributed by atoms with E-state index in [0.29, 0.717) is 5.52 Å². The van der Waals surface area contributed by atoms with Crippen LogP contribution in [0.2, 0.25) is 0 Å². The summed E-state index contributed by atoms with van der Waals surface area (Å²) in [6, 6.07) is 16.3. The quantitative estimate of drug-likeness (QED) is 0.717. The minimum Gasteiger partial charge on any atom is -0.505 e. The Labute approximate surface area is 123 Å². The van der Waals surface area contributed by atoms with Gasteiger partial charge >= 0.3 is 0 Å². The molecular weight excluding hydrogens is 260 g/mol. The molecule has 3 heteroatoms. The van der Waals surface area contributed by atoms with Crippen molar-refractivity contribution < 1.29 is 5.11 Å². The van der Waals surface area contributed by atoms with Gasteiger partial charge in [0.15, 0.2) is 0 Å². The zero-order valence-corrected chi connectivity index (χ0v) is 11.6. The summed E-state index contributed by atoms with van der Waals surface area (Å²) in [5, 5.41) is 15.1. The van der Waals surface area contributed by atoms with Gasteiger partial charge in [0, 0.05) is 23.7 Å². The van der Waals surface area contributed by atoms with Gasteiger partial charge < -0.3 is 10.4 Å². The predicted molar refractivity (Wildman–Crippen MR) is 83.4 cm³/mol. The lowest BCUT2D eigenvalue weighted by molar-refractivity contribution is 0.458. The first-order valence-corrected chi connectivity index (χ1v) is 7.22. The Morgan fingerprint density at radius 3 is 2.86 bits per heavy atom. The van der Waals surface area contributed by atoms with Crippen LogP contribution >= 0.6 is 0 Å². The number of pyridine rings is 1. The van der Waals surface area contributed by atoms with E-state index in [-0.39, 0.29) is 11.8 Å². The fourth-order valence-corrected chi connectivity index (χ4v) is 3.16. The highest BCUT2D eigenvalue weighted by Gasteiger charge is 2.24. The van der Waals surface area contributed by atoms with Crippen LogP contribution in [-0.4, -0.2) is 16.6 Å². The van der Waals surface area contributed by atoms with Crippen LogP contribution in [0.15, 0.2) is 54.7 Å². The van der Waals surface area contributed by atoms with Gasteiger partial charge in [-0.15, -0.1) is 0 Å². The summed E-state index contributed by atoms with van der Waals surface area (Å²) in [6.45, 7) is 0.918. The molecule has 1 unspecified atom stereocenters. The highest BCUT2D eigenvalue weighted by molar-refractivity contribution is 5.85. The number of phenols is 1. The number of nitrogens with zero attached hydrogens (tertiary/aromatic N) is 1. The van der Waals surface area contributed by atoms with Crippen molar-refractivity contribution in [1.29, 1.82) is 0 Å². The number of hydrogen-bond acceptors (Lipinski definition) is 3. The van der Waals surface area contributed by atoms with Gasteiger partial charge in [-0.25, -0.2) is 0 Å². The smallest absolute Gasteiger partial charge is 0.146 e. The standard InChI is InChI=1S/C18H16N2O/c21-18-15(8-7-13-5-3-10-19-16(13)18)17-14-6-2-1-4-12(14)9-11-20-17/h1-8,10,17,20-21H,9,11H2. The number of aromatic hydroxyl groups is 1. The van der Waals surface area contributed by atoms with Crippen LogP contribution < -0.4 is 5.32 Å². The molecule has 2 aromatic carbocycles. The van der Waals surface area contributed by atoms with Crippen LogP contribution in [-0.2, 0) is 6.42 Å². The van der Waals surface area contributed by atoms with Crippen molar-refractivity contribution >= 4 is 10.9 Å². The summed E-state index contributed by atoms with van der Waals surface area (Å²) in [5.41, 5.74) is 4.16. The number of fused-ring (bicyclic) bond motifs is 2. The molecule has 0 saturated heterocycles. The first kappa shape index (κ1) is 12.4. The molecular formula is C18H16N2O. The number of aromatic nitrogens is 1. The third-order valence-corrected chi connectivity index (χ3v) is 4.20. The molecule has 104 valence electrons. The first-order chi connectivity index (χ1) is 10.3. The first-order valence-electron chi connectivity index (χ1n) is 7.22. The second kappa shape index (κ2) is 4.86. The van der Waals surface area contributed by atoms with Crippen molar-refractivity contribution in [2.45, 2.75) is 12.5 Å². The van der Waals surface area contributed by atoms with Crippen molar-refractivity contribution in [3.8, 4) is 5.75 Å². The maximum Gasteiger partial charge on any atom is 0.146 e. The minimum atomic E-state index is 0.0290. The molecule has 1 aliphatic rings. The largest absolute Gasteiger partial charge is 0.505 e. The molecule has 2 N–H and O–H groups in total. The molecule has 1 aromatic heterocycles. The predicted octanol–water partition coefficient (Wildman–Crippen LogP) is 3.18. The monoisotopic (exact) mass is 276 g/mol. The zero-order valence-electron chi connectivity index (χ0n) is 11.6. The van der Waals surface area contributed by atoms with E-state index < -0.39 is 0 Å². The Hall–Kier alpha value is -2.39. The lowest BCUT2D eigenvalue weighted by Crippen LogP contribution is -2.30. The van der Waals surface area contributed by atoms with E-state index in [9.17, 15) is 5.11 Å². The van der Waals surface area contributed by atoms with Gasteiger partial charge in [-0.05, 0) is 23.6 Å².